The van der Waals surface area contributed by atoms with Crippen LogP contribution in [0.3, 0.4) is 0 Å². The molecular formula is C17H15BrN2O. The molecule has 1 amide bonds. The number of hydrogen-bond acceptors (Lipinski definition) is 1. The summed E-state index contributed by atoms with van der Waals surface area (Å²) in [5.41, 5.74) is 1.48. The molecular weight excluding hydrogens is 328 g/mol. The SMILES string of the molecule is CCn1cc(Br)cc1C(=O)Nc1cccc2ccccc12. The van der Waals surface area contributed by atoms with Crippen LogP contribution in [0.1, 0.15) is 17.4 Å². The van der Waals surface area contributed by atoms with Gasteiger partial charge in [-0.05, 0) is 40.4 Å². The van der Waals surface area contributed by atoms with Gasteiger partial charge in [0.15, 0.2) is 0 Å². The van der Waals surface area contributed by atoms with Crippen molar-refractivity contribution in [3.8, 4) is 0 Å². The second-order valence-electron chi connectivity index (χ2n) is 4.81. The Kier molecular flexibility index (Phi) is 3.80. The van der Waals surface area contributed by atoms with Gasteiger partial charge in [0.05, 0.1) is 0 Å². The van der Waals surface area contributed by atoms with Gasteiger partial charge in [0.1, 0.15) is 5.69 Å². The molecule has 2 aromatic carbocycles. The third-order valence-corrected chi connectivity index (χ3v) is 3.91. The Morgan fingerprint density at radius 1 is 1.19 bits per heavy atom. The lowest BCUT2D eigenvalue weighted by Gasteiger charge is -2.10. The number of hydrogen-bond donors (Lipinski definition) is 1. The molecule has 0 atom stereocenters. The highest BCUT2D eigenvalue weighted by molar-refractivity contribution is 9.10. The molecule has 106 valence electrons. The molecule has 3 aromatic rings. The quantitative estimate of drug-likeness (QED) is 0.736. The molecule has 0 radical (unpaired) electrons. The van der Waals surface area contributed by atoms with Crippen LogP contribution >= 0.6 is 15.9 Å². The van der Waals surface area contributed by atoms with Crippen molar-refractivity contribution >= 4 is 38.3 Å². The molecule has 1 N–H and O–H groups in total. The summed E-state index contributed by atoms with van der Waals surface area (Å²) in [6.07, 6.45) is 1.91. The zero-order valence-corrected chi connectivity index (χ0v) is 13.2. The van der Waals surface area contributed by atoms with Gasteiger partial charge < -0.3 is 9.88 Å². The van der Waals surface area contributed by atoms with Crippen molar-refractivity contribution in [1.82, 2.24) is 4.57 Å². The fourth-order valence-electron chi connectivity index (χ4n) is 2.45. The maximum atomic E-state index is 12.5. The Balaban J connectivity index is 1.96. The van der Waals surface area contributed by atoms with Gasteiger partial charge in [-0.3, -0.25) is 4.79 Å². The molecule has 0 bridgehead atoms. The number of rotatable bonds is 3. The smallest absolute Gasteiger partial charge is 0.272 e. The van der Waals surface area contributed by atoms with E-state index in [-0.39, 0.29) is 5.91 Å². The van der Waals surface area contributed by atoms with Gasteiger partial charge in [0.2, 0.25) is 0 Å². The lowest BCUT2D eigenvalue weighted by Crippen LogP contribution is -2.16. The number of carbonyl (C=O) groups excluding carboxylic acids is 1. The Morgan fingerprint density at radius 2 is 1.95 bits per heavy atom. The Labute approximate surface area is 131 Å². The summed E-state index contributed by atoms with van der Waals surface area (Å²) in [6, 6.07) is 15.8. The highest BCUT2D eigenvalue weighted by atomic mass is 79.9. The predicted octanol–water partition coefficient (Wildman–Crippen LogP) is 4.68. The summed E-state index contributed by atoms with van der Waals surface area (Å²) >= 11 is 3.42. The van der Waals surface area contributed by atoms with Crippen LogP contribution in [0.2, 0.25) is 0 Å². The molecule has 21 heavy (non-hydrogen) atoms. The number of fused-ring (bicyclic) bond motifs is 1. The molecule has 0 spiro atoms. The fourth-order valence-corrected chi connectivity index (χ4v) is 2.91. The first-order valence-corrected chi connectivity index (χ1v) is 7.63. The van der Waals surface area contributed by atoms with E-state index in [1.165, 1.54) is 0 Å². The lowest BCUT2D eigenvalue weighted by atomic mass is 10.1. The van der Waals surface area contributed by atoms with Gasteiger partial charge in [0.25, 0.3) is 5.91 Å². The second-order valence-corrected chi connectivity index (χ2v) is 5.73. The van der Waals surface area contributed by atoms with E-state index in [0.29, 0.717) is 5.69 Å². The van der Waals surface area contributed by atoms with Gasteiger partial charge in [-0.1, -0.05) is 36.4 Å². The van der Waals surface area contributed by atoms with Crippen LogP contribution in [0.5, 0.6) is 0 Å². The van der Waals surface area contributed by atoms with Crippen molar-refractivity contribution in [2.45, 2.75) is 13.5 Å². The summed E-state index contributed by atoms with van der Waals surface area (Å²) in [5, 5.41) is 5.17. The minimum Gasteiger partial charge on any atom is -0.343 e. The van der Waals surface area contributed by atoms with Crippen LogP contribution in [0.15, 0.2) is 59.2 Å². The topological polar surface area (TPSA) is 34.0 Å². The van der Waals surface area contributed by atoms with E-state index in [9.17, 15) is 4.79 Å². The van der Waals surface area contributed by atoms with E-state index in [1.54, 1.807) is 0 Å². The van der Waals surface area contributed by atoms with E-state index in [0.717, 1.165) is 27.5 Å². The number of nitrogens with one attached hydrogen (secondary N) is 1. The van der Waals surface area contributed by atoms with Gasteiger partial charge in [0, 0.05) is 28.3 Å². The molecule has 1 heterocycles. The van der Waals surface area contributed by atoms with Gasteiger partial charge in [-0.2, -0.15) is 0 Å². The summed E-state index contributed by atoms with van der Waals surface area (Å²) in [4.78, 5) is 12.5. The largest absolute Gasteiger partial charge is 0.343 e. The minimum atomic E-state index is -0.0982. The van der Waals surface area contributed by atoms with Crippen LogP contribution in [-0.2, 0) is 6.54 Å². The molecule has 3 nitrogen and oxygen atoms in total. The molecule has 0 fully saturated rings. The van der Waals surface area contributed by atoms with E-state index in [1.807, 2.05) is 66.2 Å². The lowest BCUT2D eigenvalue weighted by molar-refractivity contribution is 0.101. The highest BCUT2D eigenvalue weighted by Crippen LogP contribution is 2.24. The number of amides is 1. The number of aryl methyl sites for hydroxylation is 1. The fraction of sp³-hybridized carbons (Fsp3) is 0.118. The maximum Gasteiger partial charge on any atom is 0.272 e. The first-order chi connectivity index (χ1) is 10.2. The number of aromatic nitrogens is 1. The molecule has 0 saturated carbocycles. The molecule has 4 heteroatoms. The van der Waals surface area contributed by atoms with Crippen LogP contribution in [-0.4, -0.2) is 10.5 Å². The monoisotopic (exact) mass is 342 g/mol. The summed E-state index contributed by atoms with van der Waals surface area (Å²) in [6.45, 7) is 2.77. The highest BCUT2D eigenvalue weighted by Gasteiger charge is 2.13. The minimum absolute atomic E-state index is 0.0982. The van der Waals surface area contributed by atoms with Crippen molar-refractivity contribution in [1.29, 1.82) is 0 Å². The Morgan fingerprint density at radius 3 is 2.76 bits per heavy atom. The van der Waals surface area contributed by atoms with Crippen molar-refractivity contribution in [3.05, 3.63) is 64.9 Å². The number of anilines is 1. The average molecular weight is 343 g/mol. The summed E-state index contributed by atoms with van der Waals surface area (Å²) in [7, 11) is 0. The zero-order valence-electron chi connectivity index (χ0n) is 11.6. The van der Waals surface area contributed by atoms with Gasteiger partial charge in [-0.15, -0.1) is 0 Å². The first kappa shape index (κ1) is 13.9. The van der Waals surface area contributed by atoms with Gasteiger partial charge >= 0.3 is 0 Å². The summed E-state index contributed by atoms with van der Waals surface area (Å²) < 4.78 is 2.83. The van der Waals surface area contributed by atoms with Crippen LogP contribution in [0.4, 0.5) is 5.69 Å². The molecule has 0 aliphatic rings. The van der Waals surface area contributed by atoms with E-state index in [4.69, 9.17) is 0 Å². The number of nitrogens with zero attached hydrogens (tertiary/aromatic N) is 1. The van der Waals surface area contributed by atoms with Crippen LogP contribution in [0, 0.1) is 0 Å². The maximum absolute atomic E-state index is 12.5. The average Bonchev–Trinajstić information content (AvgIpc) is 2.89. The number of carbonyl (C=O) groups is 1. The Bertz CT molecular complexity index is 802. The number of benzene rings is 2. The van der Waals surface area contributed by atoms with Crippen molar-refractivity contribution < 1.29 is 4.79 Å². The molecule has 3 rings (SSSR count). The second kappa shape index (κ2) is 5.74. The normalized spacial score (nSPS) is 10.8. The third kappa shape index (κ3) is 2.72. The predicted molar refractivity (Wildman–Crippen MR) is 89.7 cm³/mol. The van der Waals surface area contributed by atoms with E-state index in [2.05, 4.69) is 21.2 Å². The van der Waals surface area contributed by atoms with Crippen molar-refractivity contribution in [2.75, 3.05) is 5.32 Å². The molecule has 0 unspecified atom stereocenters. The summed E-state index contributed by atoms with van der Waals surface area (Å²) in [5.74, 6) is -0.0982. The van der Waals surface area contributed by atoms with E-state index < -0.39 is 0 Å². The van der Waals surface area contributed by atoms with Crippen molar-refractivity contribution in [3.63, 3.8) is 0 Å². The Hall–Kier alpha value is -2.07. The van der Waals surface area contributed by atoms with Crippen molar-refractivity contribution in [2.24, 2.45) is 0 Å². The van der Waals surface area contributed by atoms with E-state index >= 15 is 0 Å². The van der Waals surface area contributed by atoms with Crippen LogP contribution < -0.4 is 5.32 Å². The molecule has 0 saturated heterocycles. The third-order valence-electron chi connectivity index (χ3n) is 3.47. The molecule has 0 aliphatic heterocycles. The van der Waals surface area contributed by atoms with Gasteiger partial charge in [-0.25, -0.2) is 0 Å². The standard InChI is InChI=1S/C17H15BrN2O/c1-2-20-11-13(18)10-16(20)17(21)19-15-9-5-7-12-6-3-4-8-14(12)15/h3-11H,2H2,1H3,(H,19,21). The van der Waals surface area contributed by atoms with Crippen LogP contribution in [0.25, 0.3) is 10.8 Å². The molecule has 1 aromatic heterocycles. The molecule has 0 aliphatic carbocycles. The number of halogens is 1. The first-order valence-electron chi connectivity index (χ1n) is 6.84. The zero-order chi connectivity index (χ0) is 14.8.